The minimum absolute atomic E-state index is 0. The van der Waals surface area contributed by atoms with Crippen LogP contribution in [0.4, 0.5) is 5.69 Å². The zero-order chi connectivity index (χ0) is 18.3. The predicted octanol–water partition coefficient (Wildman–Crippen LogP) is 2.48. The minimum atomic E-state index is -2.92. The SMILES string of the molecule is CCNC(=NCCCS(C)(=O)=O)N1CCN(c2cccc(Cl)c2)CC1.I. The Bertz CT molecular complexity index is 692. The highest BCUT2D eigenvalue weighted by molar-refractivity contribution is 14.0. The van der Waals surface area contributed by atoms with Crippen LogP contribution in [0.25, 0.3) is 0 Å². The van der Waals surface area contributed by atoms with Crippen LogP contribution in [0, 0.1) is 0 Å². The first-order valence-corrected chi connectivity index (χ1v) is 11.0. The van der Waals surface area contributed by atoms with Crippen molar-refractivity contribution in [3.63, 3.8) is 0 Å². The molecule has 0 amide bonds. The number of halogens is 2. The molecule has 9 heteroatoms. The lowest BCUT2D eigenvalue weighted by Gasteiger charge is -2.37. The molecule has 0 radical (unpaired) electrons. The van der Waals surface area contributed by atoms with Crippen LogP contribution in [-0.4, -0.2) is 70.6 Å². The Balaban J connectivity index is 0.00000338. The van der Waals surface area contributed by atoms with Crippen molar-refractivity contribution in [2.75, 3.05) is 56.2 Å². The summed E-state index contributed by atoms with van der Waals surface area (Å²) in [6, 6.07) is 7.92. The van der Waals surface area contributed by atoms with E-state index in [1.165, 1.54) is 6.26 Å². The largest absolute Gasteiger partial charge is 0.368 e. The second-order valence-corrected chi connectivity index (χ2v) is 8.87. The molecule has 0 aliphatic carbocycles. The number of guanidine groups is 1. The zero-order valence-corrected chi connectivity index (χ0v) is 19.2. The van der Waals surface area contributed by atoms with E-state index >= 15 is 0 Å². The van der Waals surface area contributed by atoms with E-state index in [1.54, 1.807) is 0 Å². The molecule has 1 N–H and O–H groups in total. The monoisotopic (exact) mass is 514 g/mol. The van der Waals surface area contributed by atoms with Crippen LogP contribution < -0.4 is 10.2 Å². The molecule has 2 rings (SSSR count). The molecular formula is C17H28ClIN4O2S. The van der Waals surface area contributed by atoms with Gasteiger partial charge in [0.25, 0.3) is 0 Å². The summed E-state index contributed by atoms with van der Waals surface area (Å²) in [5.41, 5.74) is 1.14. The summed E-state index contributed by atoms with van der Waals surface area (Å²) in [5, 5.41) is 4.05. The van der Waals surface area contributed by atoms with Crippen LogP contribution in [0.5, 0.6) is 0 Å². The summed E-state index contributed by atoms with van der Waals surface area (Å²) in [4.78, 5) is 9.12. The van der Waals surface area contributed by atoms with Gasteiger partial charge in [-0.1, -0.05) is 17.7 Å². The van der Waals surface area contributed by atoms with Crippen molar-refractivity contribution in [2.24, 2.45) is 4.99 Å². The van der Waals surface area contributed by atoms with Gasteiger partial charge in [0.1, 0.15) is 9.84 Å². The number of piperazine rings is 1. The maximum atomic E-state index is 11.2. The highest BCUT2D eigenvalue weighted by atomic mass is 127. The van der Waals surface area contributed by atoms with Crippen LogP contribution in [0.3, 0.4) is 0 Å². The summed E-state index contributed by atoms with van der Waals surface area (Å²) < 4.78 is 22.4. The van der Waals surface area contributed by atoms with E-state index in [0.29, 0.717) is 13.0 Å². The maximum absolute atomic E-state index is 11.2. The molecule has 1 aliphatic heterocycles. The van der Waals surface area contributed by atoms with Gasteiger partial charge in [0, 0.05) is 56.2 Å². The second kappa shape index (κ2) is 11.2. The molecule has 1 aliphatic rings. The Hall–Kier alpha value is -0.740. The van der Waals surface area contributed by atoms with Gasteiger partial charge in [-0.05, 0) is 31.5 Å². The molecule has 0 bridgehead atoms. The number of rotatable bonds is 6. The predicted molar refractivity (Wildman–Crippen MR) is 121 cm³/mol. The average Bonchev–Trinajstić information content (AvgIpc) is 2.57. The van der Waals surface area contributed by atoms with E-state index in [2.05, 4.69) is 26.2 Å². The lowest BCUT2D eigenvalue weighted by atomic mass is 10.2. The number of sulfone groups is 1. The van der Waals surface area contributed by atoms with Crippen molar-refractivity contribution in [3.8, 4) is 0 Å². The first-order valence-electron chi connectivity index (χ1n) is 8.60. The fourth-order valence-corrected chi connectivity index (χ4v) is 3.62. The minimum Gasteiger partial charge on any atom is -0.368 e. The van der Waals surface area contributed by atoms with Gasteiger partial charge in [0.15, 0.2) is 5.96 Å². The number of nitrogens with one attached hydrogen (secondary N) is 1. The molecule has 1 aromatic carbocycles. The maximum Gasteiger partial charge on any atom is 0.194 e. The van der Waals surface area contributed by atoms with E-state index in [0.717, 1.165) is 49.4 Å². The van der Waals surface area contributed by atoms with E-state index < -0.39 is 9.84 Å². The van der Waals surface area contributed by atoms with Gasteiger partial charge in [-0.3, -0.25) is 4.99 Å². The van der Waals surface area contributed by atoms with Crippen molar-refractivity contribution in [3.05, 3.63) is 29.3 Å². The lowest BCUT2D eigenvalue weighted by Crippen LogP contribution is -2.52. The van der Waals surface area contributed by atoms with Gasteiger partial charge in [-0.2, -0.15) is 0 Å². The molecule has 0 spiro atoms. The molecule has 1 saturated heterocycles. The van der Waals surface area contributed by atoms with Crippen LogP contribution in [0.2, 0.25) is 5.02 Å². The van der Waals surface area contributed by atoms with Gasteiger partial charge in [-0.15, -0.1) is 24.0 Å². The molecule has 0 saturated carbocycles. The van der Waals surface area contributed by atoms with Crippen LogP contribution in [-0.2, 0) is 9.84 Å². The Morgan fingerprint density at radius 1 is 1.27 bits per heavy atom. The highest BCUT2D eigenvalue weighted by Crippen LogP contribution is 2.20. The van der Waals surface area contributed by atoms with E-state index in [1.807, 2.05) is 25.1 Å². The number of hydrogen-bond donors (Lipinski definition) is 1. The molecule has 0 unspecified atom stereocenters. The molecule has 1 aromatic rings. The molecule has 0 atom stereocenters. The normalized spacial score (nSPS) is 15.6. The van der Waals surface area contributed by atoms with Gasteiger partial charge in [0.2, 0.25) is 0 Å². The second-order valence-electron chi connectivity index (χ2n) is 6.17. The summed E-state index contributed by atoms with van der Waals surface area (Å²) in [6.07, 6.45) is 1.81. The molecule has 26 heavy (non-hydrogen) atoms. The number of nitrogens with zero attached hydrogens (tertiary/aromatic N) is 3. The summed E-state index contributed by atoms with van der Waals surface area (Å²) in [7, 11) is -2.92. The average molecular weight is 515 g/mol. The van der Waals surface area contributed by atoms with Gasteiger partial charge < -0.3 is 15.1 Å². The molecule has 1 heterocycles. The molecule has 6 nitrogen and oxygen atoms in total. The fraction of sp³-hybridized carbons (Fsp3) is 0.588. The summed E-state index contributed by atoms with van der Waals surface area (Å²) in [5.74, 6) is 1.04. The third-order valence-electron chi connectivity index (χ3n) is 4.02. The number of hydrogen-bond acceptors (Lipinski definition) is 4. The number of benzene rings is 1. The quantitative estimate of drug-likeness (QED) is 0.273. The summed E-state index contributed by atoms with van der Waals surface area (Å²) >= 11 is 6.08. The Labute approximate surface area is 178 Å². The Kier molecular flexibility index (Phi) is 10.0. The smallest absolute Gasteiger partial charge is 0.194 e. The number of anilines is 1. The van der Waals surface area contributed by atoms with Crippen LogP contribution >= 0.6 is 35.6 Å². The van der Waals surface area contributed by atoms with Crippen molar-refractivity contribution >= 4 is 57.1 Å². The third kappa shape index (κ3) is 7.87. The first kappa shape index (κ1) is 23.3. The standard InChI is InChI=1S/C17H27ClN4O2S.HI/c1-3-19-17(20-8-5-13-25(2,23)24)22-11-9-21(10-12-22)16-7-4-6-15(18)14-16;/h4,6-7,14H,3,5,8-13H2,1-2H3,(H,19,20);1H. The van der Waals surface area contributed by atoms with Crippen molar-refractivity contribution in [1.29, 1.82) is 0 Å². The van der Waals surface area contributed by atoms with Crippen LogP contribution in [0.1, 0.15) is 13.3 Å². The van der Waals surface area contributed by atoms with Gasteiger partial charge in [0.05, 0.1) is 5.75 Å². The van der Waals surface area contributed by atoms with Gasteiger partial charge in [-0.25, -0.2) is 8.42 Å². The molecule has 148 valence electrons. The summed E-state index contributed by atoms with van der Waals surface area (Å²) in [6.45, 7) is 6.87. The van der Waals surface area contributed by atoms with Crippen molar-refractivity contribution in [2.45, 2.75) is 13.3 Å². The molecular weight excluding hydrogens is 487 g/mol. The fourth-order valence-electron chi connectivity index (χ4n) is 2.79. The molecule has 1 fully saturated rings. The zero-order valence-electron chi connectivity index (χ0n) is 15.3. The van der Waals surface area contributed by atoms with Crippen molar-refractivity contribution < 1.29 is 8.42 Å². The van der Waals surface area contributed by atoms with E-state index in [4.69, 9.17) is 11.6 Å². The third-order valence-corrected chi connectivity index (χ3v) is 5.29. The Morgan fingerprint density at radius 2 is 1.96 bits per heavy atom. The first-order chi connectivity index (χ1) is 11.9. The van der Waals surface area contributed by atoms with Gasteiger partial charge >= 0.3 is 0 Å². The van der Waals surface area contributed by atoms with E-state index in [-0.39, 0.29) is 29.7 Å². The number of aliphatic imine (C=N–C) groups is 1. The van der Waals surface area contributed by atoms with Crippen molar-refractivity contribution in [1.82, 2.24) is 10.2 Å². The van der Waals surface area contributed by atoms with E-state index in [9.17, 15) is 8.42 Å². The topological polar surface area (TPSA) is 65.0 Å². The molecule has 0 aromatic heterocycles. The lowest BCUT2D eigenvalue weighted by molar-refractivity contribution is 0.372. The van der Waals surface area contributed by atoms with Crippen LogP contribution in [0.15, 0.2) is 29.3 Å². The highest BCUT2D eigenvalue weighted by Gasteiger charge is 2.19. The Morgan fingerprint density at radius 3 is 2.54 bits per heavy atom.